The van der Waals surface area contributed by atoms with Gasteiger partial charge in [-0.3, -0.25) is 9.69 Å². The van der Waals surface area contributed by atoms with Gasteiger partial charge in [0.1, 0.15) is 12.4 Å². The predicted octanol–water partition coefficient (Wildman–Crippen LogP) is 3.60. The summed E-state index contributed by atoms with van der Waals surface area (Å²) in [5.74, 6) is 0.530. The van der Waals surface area contributed by atoms with Crippen LogP contribution in [0.5, 0.6) is 5.75 Å². The lowest BCUT2D eigenvalue weighted by atomic mass is 10.1. The van der Waals surface area contributed by atoms with E-state index in [1.807, 2.05) is 31.2 Å². The molecule has 0 atom stereocenters. The lowest BCUT2D eigenvalue weighted by Crippen LogP contribution is -2.38. The number of halogens is 1. The van der Waals surface area contributed by atoms with Crippen LogP contribution in [0.3, 0.4) is 0 Å². The van der Waals surface area contributed by atoms with Gasteiger partial charge in [0.15, 0.2) is 0 Å². The second kappa shape index (κ2) is 11.0. The highest BCUT2D eigenvalue weighted by atomic mass is 35.5. The summed E-state index contributed by atoms with van der Waals surface area (Å²) in [5.41, 5.74) is 4.81. The fourth-order valence-electron chi connectivity index (χ4n) is 3.02. The fourth-order valence-corrected chi connectivity index (χ4v) is 3.21. The molecule has 7 heteroatoms. The number of carbonyl (C=O) groups is 1. The van der Waals surface area contributed by atoms with Crippen LogP contribution in [0.25, 0.3) is 0 Å². The van der Waals surface area contributed by atoms with Gasteiger partial charge in [-0.25, -0.2) is 5.43 Å². The third kappa shape index (κ3) is 6.56. The molecule has 0 bridgehead atoms. The molecule has 0 unspecified atom stereocenters. The zero-order chi connectivity index (χ0) is 20.5. The number of hydrazone groups is 1. The summed E-state index contributed by atoms with van der Waals surface area (Å²) >= 11 is 5.93. The molecule has 1 saturated heterocycles. The summed E-state index contributed by atoms with van der Waals surface area (Å²) in [6.45, 7) is 7.03. The molecule has 0 aromatic heterocycles. The first kappa shape index (κ1) is 21.3. The standard InChI is InChI=1S/C22H26ClN3O3/c1-2-21(24-25-22(27)18-4-3-5-19(23)16-18)17-6-8-20(9-7-17)29-15-12-26-10-13-28-14-11-26/h3-9,16H,2,10-15H2,1H3,(H,25,27). The van der Waals surface area contributed by atoms with Crippen molar-refractivity contribution in [3.8, 4) is 5.75 Å². The Morgan fingerprint density at radius 3 is 2.62 bits per heavy atom. The summed E-state index contributed by atoms with van der Waals surface area (Å²) in [7, 11) is 0. The molecule has 1 aliphatic heterocycles. The van der Waals surface area contributed by atoms with Gasteiger partial charge < -0.3 is 9.47 Å². The normalized spacial score (nSPS) is 15.2. The summed E-state index contributed by atoms with van der Waals surface area (Å²) in [6.07, 6.45) is 0.688. The van der Waals surface area contributed by atoms with Crippen molar-refractivity contribution in [1.82, 2.24) is 10.3 Å². The minimum atomic E-state index is -0.290. The van der Waals surface area contributed by atoms with Gasteiger partial charge >= 0.3 is 0 Å². The number of nitrogens with zero attached hydrogens (tertiary/aromatic N) is 2. The van der Waals surface area contributed by atoms with Gasteiger partial charge in [0.05, 0.1) is 18.9 Å². The van der Waals surface area contributed by atoms with E-state index in [9.17, 15) is 4.79 Å². The first-order valence-corrected chi connectivity index (χ1v) is 10.2. The molecule has 29 heavy (non-hydrogen) atoms. The highest BCUT2D eigenvalue weighted by molar-refractivity contribution is 6.30. The number of carbonyl (C=O) groups excluding carboxylic acids is 1. The molecule has 154 valence electrons. The monoisotopic (exact) mass is 415 g/mol. The maximum absolute atomic E-state index is 12.2. The number of ether oxygens (including phenoxy) is 2. The molecule has 1 N–H and O–H groups in total. The van der Waals surface area contributed by atoms with Crippen LogP contribution in [-0.2, 0) is 4.74 Å². The van der Waals surface area contributed by atoms with Gasteiger partial charge in [0, 0.05) is 30.2 Å². The molecule has 2 aromatic rings. The van der Waals surface area contributed by atoms with E-state index >= 15 is 0 Å². The van der Waals surface area contributed by atoms with Crippen LogP contribution in [0.15, 0.2) is 53.6 Å². The molecule has 3 rings (SSSR count). The van der Waals surface area contributed by atoms with Gasteiger partial charge in [-0.2, -0.15) is 5.10 Å². The maximum Gasteiger partial charge on any atom is 0.271 e. The van der Waals surface area contributed by atoms with Gasteiger partial charge in [-0.1, -0.05) is 24.6 Å². The van der Waals surface area contributed by atoms with Crippen LogP contribution < -0.4 is 10.2 Å². The molecule has 0 radical (unpaired) electrons. The first-order chi connectivity index (χ1) is 14.2. The molecular formula is C22H26ClN3O3. The summed E-state index contributed by atoms with van der Waals surface area (Å²) in [5, 5.41) is 4.80. The molecule has 1 amide bonds. The number of rotatable bonds is 8. The Morgan fingerprint density at radius 2 is 1.93 bits per heavy atom. The van der Waals surface area contributed by atoms with E-state index in [2.05, 4.69) is 15.4 Å². The SMILES string of the molecule is CCC(=NNC(=O)c1cccc(Cl)c1)c1ccc(OCCN2CCOCC2)cc1. The zero-order valence-electron chi connectivity index (χ0n) is 16.6. The number of nitrogens with one attached hydrogen (secondary N) is 1. The van der Waals surface area contributed by atoms with Crippen LogP contribution in [-0.4, -0.2) is 56.0 Å². The number of hydrogen-bond acceptors (Lipinski definition) is 5. The van der Waals surface area contributed by atoms with E-state index in [0.29, 0.717) is 23.6 Å². The summed E-state index contributed by atoms with van der Waals surface area (Å²) < 4.78 is 11.2. The quantitative estimate of drug-likeness (QED) is 0.528. The Balaban J connectivity index is 1.53. The molecule has 1 heterocycles. The van der Waals surface area contributed by atoms with E-state index in [0.717, 1.165) is 49.9 Å². The third-order valence-electron chi connectivity index (χ3n) is 4.68. The number of hydrogen-bond donors (Lipinski definition) is 1. The molecular weight excluding hydrogens is 390 g/mol. The van der Waals surface area contributed by atoms with E-state index < -0.39 is 0 Å². The Kier molecular flexibility index (Phi) is 8.04. The third-order valence-corrected chi connectivity index (χ3v) is 4.92. The van der Waals surface area contributed by atoms with Crippen molar-refractivity contribution in [1.29, 1.82) is 0 Å². The largest absolute Gasteiger partial charge is 0.492 e. The molecule has 0 spiro atoms. The Labute approximate surface area is 176 Å². The van der Waals surface area contributed by atoms with Crippen molar-refractivity contribution in [2.75, 3.05) is 39.5 Å². The van der Waals surface area contributed by atoms with Crippen LogP contribution >= 0.6 is 11.6 Å². The minimum absolute atomic E-state index is 0.290. The highest BCUT2D eigenvalue weighted by Crippen LogP contribution is 2.15. The fraction of sp³-hybridized carbons (Fsp3) is 0.364. The number of amides is 1. The average molecular weight is 416 g/mol. The molecule has 1 fully saturated rings. The van der Waals surface area contributed by atoms with Crippen molar-refractivity contribution >= 4 is 23.2 Å². The Hall–Kier alpha value is -2.41. The molecule has 0 saturated carbocycles. The van der Waals surface area contributed by atoms with Crippen LogP contribution in [0.4, 0.5) is 0 Å². The molecule has 2 aromatic carbocycles. The van der Waals surface area contributed by atoms with Gasteiger partial charge in [0.2, 0.25) is 0 Å². The number of benzene rings is 2. The minimum Gasteiger partial charge on any atom is -0.492 e. The lowest BCUT2D eigenvalue weighted by molar-refractivity contribution is 0.0322. The van der Waals surface area contributed by atoms with Crippen LogP contribution in [0.1, 0.15) is 29.3 Å². The lowest BCUT2D eigenvalue weighted by Gasteiger charge is -2.26. The van der Waals surface area contributed by atoms with Crippen molar-refractivity contribution in [3.63, 3.8) is 0 Å². The molecule has 6 nitrogen and oxygen atoms in total. The number of morpholine rings is 1. The molecule has 0 aliphatic carbocycles. The van der Waals surface area contributed by atoms with Crippen molar-refractivity contribution in [2.24, 2.45) is 5.10 Å². The summed E-state index contributed by atoms with van der Waals surface area (Å²) in [6, 6.07) is 14.5. The smallest absolute Gasteiger partial charge is 0.271 e. The van der Waals surface area contributed by atoms with Crippen molar-refractivity contribution < 1.29 is 14.3 Å². The second-order valence-electron chi connectivity index (χ2n) is 6.69. The van der Waals surface area contributed by atoms with E-state index in [1.165, 1.54) is 0 Å². The Morgan fingerprint density at radius 1 is 1.17 bits per heavy atom. The molecule has 1 aliphatic rings. The van der Waals surface area contributed by atoms with Gasteiger partial charge in [-0.15, -0.1) is 0 Å². The van der Waals surface area contributed by atoms with E-state index in [-0.39, 0.29) is 5.91 Å². The van der Waals surface area contributed by atoms with E-state index in [4.69, 9.17) is 21.1 Å². The van der Waals surface area contributed by atoms with Gasteiger partial charge in [0.25, 0.3) is 5.91 Å². The zero-order valence-corrected chi connectivity index (χ0v) is 17.3. The Bertz CT molecular complexity index is 833. The maximum atomic E-state index is 12.2. The van der Waals surface area contributed by atoms with E-state index in [1.54, 1.807) is 24.3 Å². The van der Waals surface area contributed by atoms with Gasteiger partial charge in [-0.05, 0) is 54.4 Å². The average Bonchev–Trinajstić information content (AvgIpc) is 2.76. The predicted molar refractivity (Wildman–Crippen MR) is 115 cm³/mol. The van der Waals surface area contributed by atoms with Crippen molar-refractivity contribution in [3.05, 3.63) is 64.7 Å². The topological polar surface area (TPSA) is 63.2 Å². The first-order valence-electron chi connectivity index (χ1n) is 9.81. The highest BCUT2D eigenvalue weighted by Gasteiger charge is 2.10. The van der Waals surface area contributed by atoms with Crippen LogP contribution in [0.2, 0.25) is 5.02 Å². The summed E-state index contributed by atoms with van der Waals surface area (Å²) in [4.78, 5) is 14.6. The second-order valence-corrected chi connectivity index (χ2v) is 7.13. The van der Waals surface area contributed by atoms with Crippen molar-refractivity contribution in [2.45, 2.75) is 13.3 Å². The van der Waals surface area contributed by atoms with Crippen LogP contribution in [0, 0.1) is 0 Å².